The van der Waals surface area contributed by atoms with Gasteiger partial charge in [0, 0.05) is 23.7 Å². The minimum atomic E-state index is -0.769. The van der Waals surface area contributed by atoms with Crippen LogP contribution in [0.15, 0.2) is 71.7 Å². The second-order valence-electron chi connectivity index (χ2n) is 8.26. The summed E-state index contributed by atoms with van der Waals surface area (Å²) >= 11 is 5.65. The third-order valence-corrected chi connectivity index (χ3v) is 5.79. The van der Waals surface area contributed by atoms with E-state index < -0.39 is 30.1 Å². The van der Waals surface area contributed by atoms with Gasteiger partial charge in [-0.1, -0.05) is 48.0 Å². The smallest absolute Gasteiger partial charge is 0.351 e. The molecule has 0 radical (unpaired) electrons. The molecule has 2 heterocycles. The van der Waals surface area contributed by atoms with E-state index in [9.17, 15) is 14.4 Å². The summed E-state index contributed by atoms with van der Waals surface area (Å²) in [7, 11) is 0. The first-order valence-corrected chi connectivity index (χ1v) is 12.1. The van der Waals surface area contributed by atoms with Crippen molar-refractivity contribution >= 4 is 29.3 Å². The molecule has 1 fully saturated rings. The minimum Gasteiger partial charge on any atom is -0.482 e. The summed E-state index contributed by atoms with van der Waals surface area (Å²) in [6, 6.07) is 17.4. The Hall–Kier alpha value is -3.73. The molecule has 3 atom stereocenters. The van der Waals surface area contributed by atoms with Gasteiger partial charge in [-0.25, -0.2) is 9.59 Å². The van der Waals surface area contributed by atoms with Gasteiger partial charge in [0.2, 0.25) is 0 Å². The molecule has 1 aliphatic heterocycles. The number of nitrogens with zero attached hydrogens (tertiary/aromatic N) is 2. The highest BCUT2D eigenvalue weighted by Crippen LogP contribution is 2.31. The Balaban J connectivity index is 1.44. The second kappa shape index (κ2) is 12.5. The van der Waals surface area contributed by atoms with Crippen LogP contribution < -0.4 is 15.7 Å². The molecule has 4 rings (SSSR count). The fraction of sp³-hybridized carbons (Fsp3) is 0.308. The molecule has 10 nitrogen and oxygen atoms in total. The van der Waals surface area contributed by atoms with Crippen molar-refractivity contribution in [3.63, 3.8) is 0 Å². The molecule has 37 heavy (non-hydrogen) atoms. The van der Waals surface area contributed by atoms with E-state index in [1.165, 1.54) is 4.57 Å². The molecule has 1 N–H and O–H groups in total. The lowest BCUT2D eigenvalue weighted by atomic mass is 10.2. The van der Waals surface area contributed by atoms with Gasteiger partial charge in [-0.15, -0.1) is 0 Å². The monoisotopic (exact) mass is 527 g/mol. The molecule has 0 unspecified atom stereocenters. The highest BCUT2D eigenvalue weighted by Gasteiger charge is 2.39. The predicted octanol–water partition coefficient (Wildman–Crippen LogP) is 3.30. The van der Waals surface area contributed by atoms with E-state index in [1.54, 1.807) is 67.7 Å². The zero-order valence-electron chi connectivity index (χ0n) is 20.0. The number of carbonyl (C=O) groups excluding carboxylic acids is 2. The Morgan fingerprint density at radius 3 is 2.54 bits per heavy atom. The molecule has 0 aliphatic carbocycles. The lowest BCUT2D eigenvalue weighted by Gasteiger charge is -2.18. The van der Waals surface area contributed by atoms with Gasteiger partial charge in [-0.3, -0.25) is 9.36 Å². The van der Waals surface area contributed by atoms with E-state index in [-0.39, 0.29) is 37.4 Å². The molecule has 1 saturated heterocycles. The number of aryl methyl sites for hydroxylation is 1. The van der Waals surface area contributed by atoms with Crippen LogP contribution in [-0.2, 0) is 19.0 Å². The number of ether oxygens (including phenoxy) is 4. The van der Waals surface area contributed by atoms with E-state index >= 15 is 0 Å². The van der Waals surface area contributed by atoms with E-state index in [4.69, 9.17) is 30.5 Å². The molecule has 0 spiro atoms. The summed E-state index contributed by atoms with van der Waals surface area (Å²) in [4.78, 5) is 41.8. The number of halogens is 1. The molecule has 11 heteroatoms. The number of alkyl halides is 1. The number of benzene rings is 2. The lowest BCUT2D eigenvalue weighted by Crippen LogP contribution is -2.32. The first-order valence-electron chi connectivity index (χ1n) is 11.6. The van der Waals surface area contributed by atoms with Crippen LogP contribution in [0.1, 0.15) is 28.6 Å². The molecular formula is C26H26ClN3O7. The molecule has 1 amide bonds. The zero-order valence-corrected chi connectivity index (χ0v) is 20.8. The number of hydrogen-bond acceptors (Lipinski definition) is 8. The quantitative estimate of drug-likeness (QED) is 0.315. The molecular weight excluding hydrogens is 502 g/mol. The van der Waals surface area contributed by atoms with Crippen LogP contribution in [0, 0.1) is 6.92 Å². The van der Waals surface area contributed by atoms with Crippen molar-refractivity contribution in [2.45, 2.75) is 31.8 Å². The molecule has 3 aromatic rings. The average molecular weight is 528 g/mol. The van der Waals surface area contributed by atoms with Gasteiger partial charge in [0.1, 0.15) is 36.1 Å². The zero-order chi connectivity index (χ0) is 26.2. The van der Waals surface area contributed by atoms with Crippen LogP contribution in [0.5, 0.6) is 5.75 Å². The highest BCUT2D eigenvalue weighted by molar-refractivity contribution is 6.17. The van der Waals surface area contributed by atoms with Crippen LogP contribution in [0.2, 0.25) is 0 Å². The number of carbonyl (C=O) groups is 2. The number of rotatable bonds is 10. The maximum absolute atomic E-state index is 12.8. The van der Waals surface area contributed by atoms with Crippen molar-refractivity contribution in [3.8, 4) is 5.75 Å². The number of hydrogen-bond donors (Lipinski definition) is 1. The van der Waals surface area contributed by atoms with Gasteiger partial charge < -0.3 is 24.3 Å². The van der Waals surface area contributed by atoms with Crippen molar-refractivity contribution < 1.29 is 28.5 Å². The molecule has 0 bridgehead atoms. The lowest BCUT2D eigenvalue weighted by molar-refractivity contribution is -0.156. The third kappa shape index (κ3) is 6.94. The minimum absolute atomic E-state index is 0.0594. The average Bonchev–Trinajstić information content (AvgIpc) is 3.31. The number of anilines is 1. The van der Waals surface area contributed by atoms with Crippen molar-refractivity contribution in [1.82, 2.24) is 9.55 Å². The number of para-hydroxylation sites is 1. The Morgan fingerprint density at radius 2 is 1.84 bits per heavy atom. The Morgan fingerprint density at radius 1 is 1.14 bits per heavy atom. The van der Waals surface area contributed by atoms with Crippen LogP contribution in [0.4, 0.5) is 5.82 Å². The van der Waals surface area contributed by atoms with Gasteiger partial charge in [-0.05, 0) is 31.2 Å². The summed E-state index contributed by atoms with van der Waals surface area (Å²) < 4.78 is 23.6. The van der Waals surface area contributed by atoms with Crippen LogP contribution >= 0.6 is 11.6 Å². The Bertz CT molecular complexity index is 1270. The Kier molecular flexibility index (Phi) is 8.89. The van der Waals surface area contributed by atoms with Crippen molar-refractivity contribution in [1.29, 1.82) is 0 Å². The van der Waals surface area contributed by atoms with Crippen LogP contribution in [0.3, 0.4) is 0 Å². The van der Waals surface area contributed by atoms with Gasteiger partial charge in [0.05, 0.1) is 6.61 Å². The van der Waals surface area contributed by atoms with Crippen LogP contribution in [-0.4, -0.2) is 52.9 Å². The first-order chi connectivity index (χ1) is 17.9. The number of aromatic nitrogens is 2. The summed E-state index contributed by atoms with van der Waals surface area (Å²) in [5.74, 6) is -0.284. The number of amides is 1. The molecule has 0 saturated carbocycles. The molecule has 194 valence electrons. The van der Waals surface area contributed by atoms with Crippen LogP contribution in [0.25, 0.3) is 0 Å². The summed E-state index contributed by atoms with van der Waals surface area (Å²) in [6.45, 7) is 1.49. The van der Waals surface area contributed by atoms with Gasteiger partial charge in [0.25, 0.3) is 5.91 Å². The van der Waals surface area contributed by atoms with E-state index in [2.05, 4.69) is 10.3 Å². The predicted molar refractivity (Wildman–Crippen MR) is 135 cm³/mol. The van der Waals surface area contributed by atoms with Crippen molar-refractivity contribution in [3.05, 3.63) is 88.5 Å². The molecule has 1 aromatic heterocycles. The number of nitrogens with one attached hydrogen (secondary N) is 1. The fourth-order valence-corrected chi connectivity index (χ4v) is 3.93. The summed E-state index contributed by atoms with van der Waals surface area (Å²) in [5.41, 5.74) is 0.364. The van der Waals surface area contributed by atoms with E-state index in [1.807, 2.05) is 6.07 Å². The third-order valence-electron chi connectivity index (χ3n) is 5.64. The SMILES string of the molecule is Cc1cn([C@H]2C[C@H](OC(=O)COc3ccccc3)[C@@H](COCCl)O2)c(=O)nc1NC(=O)c1ccccc1. The maximum atomic E-state index is 12.8. The van der Waals surface area contributed by atoms with E-state index in [0.29, 0.717) is 16.9 Å². The van der Waals surface area contributed by atoms with Gasteiger partial charge in [0.15, 0.2) is 6.61 Å². The number of esters is 1. The normalized spacial score (nSPS) is 18.8. The van der Waals surface area contributed by atoms with Gasteiger partial charge in [-0.2, -0.15) is 4.98 Å². The molecule has 2 aromatic carbocycles. The maximum Gasteiger partial charge on any atom is 0.351 e. The highest BCUT2D eigenvalue weighted by atomic mass is 35.5. The molecule has 1 aliphatic rings. The first kappa shape index (κ1) is 26.3. The summed E-state index contributed by atoms with van der Waals surface area (Å²) in [5, 5.41) is 2.66. The van der Waals surface area contributed by atoms with Gasteiger partial charge >= 0.3 is 11.7 Å². The summed E-state index contributed by atoms with van der Waals surface area (Å²) in [6.07, 6.45) is -0.402. The van der Waals surface area contributed by atoms with Crippen molar-refractivity contribution in [2.24, 2.45) is 0 Å². The van der Waals surface area contributed by atoms with Crippen molar-refractivity contribution in [2.75, 3.05) is 24.6 Å². The van der Waals surface area contributed by atoms with E-state index in [0.717, 1.165) is 0 Å². The topological polar surface area (TPSA) is 118 Å². The second-order valence-corrected chi connectivity index (χ2v) is 8.48. The standard InChI is InChI=1S/C26H26ClN3O7/c1-17-13-30(26(33)29-24(17)28-25(32)18-8-4-2-5-9-18)22-12-20(21(36-22)14-34-16-27)37-23(31)15-35-19-10-6-3-7-11-19/h2-11,13,20-22H,12,14-16H2,1H3,(H,28,29,32,33)/t20-,21+,22+/m0/s1. The Labute approximate surface area is 218 Å². The largest absolute Gasteiger partial charge is 0.482 e. The fourth-order valence-electron chi connectivity index (χ4n) is 3.84.